The highest BCUT2D eigenvalue weighted by atomic mass is 32.2. The van der Waals surface area contributed by atoms with E-state index in [1.54, 1.807) is 20.8 Å². The van der Waals surface area contributed by atoms with Crippen LogP contribution in [-0.4, -0.2) is 38.8 Å². The highest BCUT2D eigenvalue weighted by molar-refractivity contribution is 7.88. The smallest absolute Gasteiger partial charge is 0.460 e. The first-order valence-corrected chi connectivity index (χ1v) is 13.2. The molecule has 0 radical (unpaired) electrons. The Bertz CT molecular complexity index is 1100. The maximum Gasteiger partial charge on any atom is 0.534 e. The van der Waals surface area contributed by atoms with Crippen molar-refractivity contribution in [1.29, 1.82) is 0 Å². The predicted molar refractivity (Wildman–Crippen MR) is 141 cm³/mol. The maximum atomic E-state index is 12.2. The van der Waals surface area contributed by atoms with Crippen LogP contribution in [0.4, 0.5) is 13.2 Å². The number of aryl methyl sites for hydroxylation is 1. The molecule has 214 valence electrons. The van der Waals surface area contributed by atoms with E-state index in [1.165, 1.54) is 24.7 Å². The number of carbonyl (C=O) groups excluding carboxylic acids is 2. The quantitative estimate of drug-likeness (QED) is 0.192. The van der Waals surface area contributed by atoms with Crippen molar-refractivity contribution in [1.82, 2.24) is 0 Å². The average molecular weight is 562 g/mol. The number of ether oxygens (including phenoxy) is 1. The van der Waals surface area contributed by atoms with Gasteiger partial charge in [-0.15, -0.1) is 0 Å². The fraction of sp³-hybridized carbons (Fsp3) is 0.481. The van der Waals surface area contributed by atoms with Crippen molar-refractivity contribution < 1.29 is 40.1 Å². The van der Waals surface area contributed by atoms with Gasteiger partial charge in [0.25, 0.3) is 0 Å². The molecule has 0 unspecified atom stereocenters. The van der Waals surface area contributed by atoms with Crippen molar-refractivity contribution in [3.63, 3.8) is 0 Å². The van der Waals surface area contributed by atoms with E-state index in [-0.39, 0.29) is 17.8 Å². The SMILES string of the molecule is CC(C)(C)OC(=O)CCCc1ccc(OS(=O)(=O)C(F)(F)F)cc1.CC(C)(C)c1ccc(C=O)cc1.CN. The molecule has 11 heteroatoms. The van der Waals surface area contributed by atoms with Crippen molar-refractivity contribution in [2.24, 2.45) is 5.73 Å². The molecule has 2 aromatic carbocycles. The zero-order valence-electron chi connectivity index (χ0n) is 22.9. The fourth-order valence-corrected chi connectivity index (χ4v) is 3.24. The molecule has 0 heterocycles. The number of rotatable bonds is 7. The molecular weight excluding hydrogens is 523 g/mol. The standard InChI is InChI=1S/C15H19F3O5S.C11H14O.CH5N/c1-14(2,3)22-13(19)6-4-5-11-7-9-12(10-8-11)23-24(20,21)15(16,17)18;1-11(2,3)10-6-4-9(8-12)5-7-10;1-2/h7-10H,4-6H2,1-3H3;4-8H,1-3H3;2H2,1H3. The molecule has 0 amide bonds. The third-order valence-electron chi connectivity index (χ3n) is 4.59. The number of hydrogen-bond acceptors (Lipinski definition) is 7. The van der Waals surface area contributed by atoms with Gasteiger partial charge in [0.1, 0.15) is 17.6 Å². The molecule has 0 spiro atoms. The normalized spacial score (nSPS) is 11.8. The van der Waals surface area contributed by atoms with Gasteiger partial charge in [-0.25, -0.2) is 0 Å². The molecular formula is C27H38F3NO6S. The first-order chi connectivity index (χ1) is 17.3. The first-order valence-electron chi connectivity index (χ1n) is 11.8. The summed E-state index contributed by atoms with van der Waals surface area (Å²) in [5, 5.41) is 0. The van der Waals surface area contributed by atoms with Crippen LogP contribution in [0.2, 0.25) is 0 Å². The van der Waals surface area contributed by atoms with Gasteiger partial charge in [0, 0.05) is 12.0 Å². The Hall–Kier alpha value is -2.92. The largest absolute Gasteiger partial charge is 0.534 e. The Kier molecular flexibility index (Phi) is 13.7. The van der Waals surface area contributed by atoms with E-state index in [4.69, 9.17) is 4.74 Å². The number of hydrogen-bond donors (Lipinski definition) is 1. The third-order valence-corrected chi connectivity index (χ3v) is 5.57. The van der Waals surface area contributed by atoms with Gasteiger partial charge in [-0.1, -0.05) is 57.2 Å². The minimum atomic E-state index is -5.67. The van der Waals surface area contributed by atoms with Crippen LogP contribution in [0.5, 0.6) is 5.75 Å². The van der Waals surface area contributed by atoms with Gasteiger partial charge in [0.2, 0.25) is 0 Å². The number of halogens is 3. The second-order valence-electron chi connectivity index (χ2n) is 10.1. The van der Waals surface area contributed by atoms with Gasteiger partial charge in [0.05, 0.1) is 0 Å². The molecule has 38 heavy (non-hydrogen) atoms. The molecule has 7 nitrogen and oxygen atoms in total. The van der Waals surface area contributed by atoms with Crippen LogP contribution in [0.15, 0.2) is 48.5 Å². The lowest BCUT2D eigenvalue weighted by atomic mass is 9.87. The Morgan fingerprint density at radius 1 is 0.895 bits per heavy atom. The molecule has 0 aliphatic rings. The van der Waals surface area contributed by atoms with Crippen molar-refractivity contribution in [2.45, 2.75) is 77.3 Å². The van der Waals surface area contributed by atoms with Gasteiger partial charge < -0.3 is 14.7 Å². The first kappa shape index (κ1) is 35.1. The third kappa shape index (κ3) is 13.6. The summed E-state index contributed by atoms with van der Waals surface area (Å²) in [6.45, 7) is 11.8. The summed E-state index contributed by atoms with van der Waals surface area (Å²) in [6.07, 6.45) is 2.06. The van der Waals surface area contributed by atoms with E-state index >= 15 is 0 Å². The number of benzene rings is 2. The number of aldehydes is 1. The molecule has 0 atom stereocenters. The number of alkyl halides is 3. The van der Waals surface area contributed by atoms with Crippen LogP contribution in [-0.2, 0) is 31.5 Å². The van der Waals surface area contributed by atoms with Crippen molar-refractivity contribution in [3.8, 4) is 5.75 Å². The lowest BCUT2D eigenvalue weighted by Gasteiger charge is -2.19. The van der Waals surface area contributed by atoms with Crippen LogP contribution in [0, 0.1) is 0 Å². The molecule has 2 N–H and O–H groups in total. The lowest BCUT2D eigenvalue weighted by molar-refractivity contribution is -0.154. The Labute approximate surface area is 223 Å². The molecule has 0 fully saturated rings. The summed E-state index contributed by atoms with van der Waals surface area (Å²) < 4.78 is 67.5. The van der Waals surface area contributed by atoms with Gasteiger partial charge in [0.15, 0.2) is 0 Å². The molecule has 0 aliphatic heterocycles. The molecule has 0 aromatic heterocycles. The van der Waals surface area contributed by atoms with Crippen LogP contribution in [0.3, 0.4) is 0 Å². The summed E-state index contributed by atoms with van der Waals surface area (Å²) in [7, 11) is -4.17. The van der Waals surface area contributed by atoms with E-state index in [1.807, 2.05) is 24.3 Å². The highest BCUT2D eigenvalue weighted by Gasteiger charge is 2.48. The second kappa shape index (κ2) is 14.9. The minimum Gasteiger partial charge on any atom is -0.460 e. The lowest BCUT2D eigenvalue weighted by Crippen LogP contribution is -2.28. The van der Waals surface area contributed by atoms with E-state index < -0.39 is 27.0 Å². The fourth-order valence-electron chi connectivity index (χ4n) is 2.78. The van der Waals surface area contributed by atoms with Crippen molar-refractivity contribution >= 4 is 22.4 Å². The minimum absolute atomic E-state index is 0.168. The Morgan fingerprint density at radius 3 is 1.79 bits per heavy atom. The molecule has 2 rings (SSSR count). The summed E-state index contributed by atoms with van der Waals surface area (Å²) in [5.74, 6) is -0.762. The van der Waals surface area contributed by atoms with E-state index in [9.17, 15) is 31.2 Å². The van der Waals surface area contributed by atoms with Crippen LogP contribution in [0.25, 0.3) is 0 Å². The predicted octanol–water partition coefficient (Wildman–Crippen LogP) is 5.95. The van der Waals surface area contributed by atoms with Crippen LogP contribution in [0.1, 0.15) is 75.9 Å². The van der Waals surface area contributed by atoms with E-state index in [2.05, 4.69) is 30.7 Å². The van der Waals surface area contributed by atoms with E-state index in [0.717, 1.165) is 29.5 Å². The highest BCUT2D eigenvalue weighted by Crippen LogP contribution is 2.27. The second-order valence-corrected chi connectivity index (χ2v) is 11.6. The number of nitrogens with two attached hydrogens (primary N) is 1. The maximum absolute atomic E-state index is 12.2. The summed E-state index contributed by atoms with van der Waals surface area (Å²) in [5.41, 5.74) is 1.37. The summed E-state index contributed by atoms with van der Waals surface area (Å²) >= 11 is 0. The molecule has 2 aromatic rings. The Morgan fingerprint density at radius 2 is 1.39 bits per heavy atom. The average Bonchev–Trinajstić information content (AvgIpc) is 2.79. The molecule has 0 saturated heterocycles. The van der Waals surface area contributed by atoms with Gasteiger partial charge in [-0.2, -0.15) is 21.6 Å². The van der Waals surface area contributed by atoms with Gasteiger partial charge in [-0.3, -0.25) is 9.59 Å². The van der Waals surface area contributed by atoms with Crippen LogP contribution >= 0.6 is 0 Å². The summed E-state index contributed by atoms with van der Waals surface area (Å²) in [6, 6.07) is 12.9. The van der Waals surface area contributed by atoms with Crippen LogP contribution < -0.4 is 9.92 Å². The number of carbonyl (C=O) groups is 2. The van der Waals surface area contributed by atoms with Gasteiger partial charge in [-0.05, 0) is 69.3 Å². The Balaban J connectivity index is 0.000000815. The monoisotopic (exact) mass is 561 g/mol. The van der Waals surface area contributed by atoms with Crippen molar-refractivity contribution in [3.05, 3.63) is 65.2 Å². The zero-order valence-corrected chi connectivity index (χ0v) is 23.7. The zero-order chi connectivity index (χ0) is 29.8. The topological polar surface area (TPSA) is 113 Å². The van der Waals surface area contributed by atoms with Gasteiger partial charge >= 0.3 is 21.6 Å². The molecule has 0 saturated carbocycles. The van der Waals surface area contributed by atoms with Crippen molar-refractivity contribution in [2.75, 3.05) is 7.05 Å². The molecule has 0 aliphatic carbocycles. The van der Waals surface area contributed by atoms with E-state index in [0.29, 0.717) is 12.8 Å². The molecule has 0 bridgehead atoms. The number of esters is 1. The summed E-state index contributed by atoms with van der Waals surface area (Å²) in [4.78, 5) is 21.9.